The fourth-order valence-electron chi connectivity index (χ4n) is 2.24. The fraction of sp³-hybridized carbons (Fsp3) is 0.118. The van der Waals surface area contributed by atoms with Crippen molar-refractivity contribution in [1.29, 1.82) is 0 Å². The minimum atomic E-state index is -0.304. The third-order valence-corrected chi connectivity index (χ3v) is 4.48. The number of thiazole rings is 1. The van der Waals surface area contributed by atoms with Crippen LogP contribution in [0.5, 0.6) is 0 Å². The highest BCUT2D eigenvalue weighted by atomic mass is 32.1. The summed E-state index contributed by atoms with van der Waals surface area (Å²) in [7, 11) is 1.89. The van der Waals surface area contributed by atoms with E-state index in [0.717, 1.165) is 10.2 Å². The van der Waals surface area contributed by atoms with Gasteiger partial charge >= 0.3 is 0 Å². The maximum atomic E-state index is 12.3. The minimum Gasteiger partial charge on any atom is -0.326 e. The summed E-state index contributed by atoms with van der Waals surface area (Å²) >= 11 is 1.48. The first-order valence-electron chi connectivity index (χ1n) is 7.06. The number of carbonyl (C=O) groups excluding carboxylic acids is 2. The van der Waals surface area contributed by atoms with Crippen LogP contribution in [-0.2, 0) is 11.8 Å². The Kier molecular flexibility index (Phi) is 4.08. The van der Waals surface area contributed by atoms with Gasteiger partial charge in [-0.25, -0.2) is 0 Å². The van der Waals surface area contributed by atoms with Crippen molar-refractivity contribution in [3.8, 4) is 0 Å². The van der Waals surface area contributed by atoms with Gasteiger partial charge in [0.15, 0.2) is 4.80 Å². The molecule has 2 amide bonds. The van der Waals surface area contributed by atoms with Crippen molar-refractivity contribution < 1.29 is 9.59 Å². The molecule has 6 heteroatoms. The van der Waals surface area contributed by atoms with Crippen molar-refractivity contribution in [3.63, 3.8) is 0 Å². The molecule has 2 aromatic carbocycles. The Labute approximate surface area is 136 Å². The van der Waals surface area contributed by atoms with E-state index in [4.69, 9.17) is 0 Å². The third-order valence-electron chi connectivity index (χ3n) is 3.36. The molecule has 1 heterocycles. The zero-order valence-electron chi connectivity index (χ0n) is 12.7. The molecule has 0 fully saturated rings. The monoisotopic (exact) mass is 325 g/mol. The van der Waals surface area contributed by atoms with Crippen LogP contribution in [0.2, 0.25) is 0 Å². The second-order valence-electron chi connectivity index (χ2n) is 5.09. The molecule has 1 aromatic heterocycles. The molecule has 1 N–H and O–H groups in total. The number of para-hydroxylation sites is 1. The van der Waals surface area contributed by atoms with Gasteiger partial charge in [0.2, 0.25) is 5.91 Å². The lowest BCUT2D eigenvalue weighted by Crippen LogP contribution is -2.13. The molecule has 0 spiro atoms. The van der Waals surface area contributed by atoms with Gasteiger partial charge in [0.1, 0.15) is 0 Å². The Hall–Kier alpha value is -2.73. The first-order valence-corrected chi connectivity index (χ1v) is 7.87. The van der Waals surface area contributed by atoms with Gasteiger partial charge in [-0.15, -0.1) is 0 Å². The standard InChI is InChI=1S/C17H15N3O2S/c1-11(21)18-13-9-7-12(8-10-13)16(22)19-17-20(2)14-5-3-4-6-15(14)23-17/h3-10H,1-2H3,(H,18,21). The van der Waals surface area contributed by atoms with Gasteiger partial charge in [-0.3, -0.25) is 9.59 Å². The number of benzene rings is 2. The number of carbonyl (C=O) groups is 2. The molecule has 23 heavy (non-hydrogen) atoms. The van der Waals surface area contributed by atoms with Crippen LogP contribution in [0, 0.1) is 0 Å². The van der Waals surface area contributed by atoms with E-state index in [9.17, 15) is 9.59 Å². The third kappa shape index (κ3) is 3.22. The second-order valence-corrected chi connectivity index (χ2v) is 6.10. The molecule has 0 radical (unpaired) electrons. The number of anilines is 1. The van der Waals surface area contributed by atoms with E-state index in [1.54, 1.807) is 24.3 Å². The summed E-state index contributed by atoms with van der Waals surface area (Å²) in [4.78, 5) is 28.2. The van der Waals surface area contributed by atoms with Gasteiger partial charge in [-0.05, 0) is 36.4 Å². The summed E-state index contributed by atoms with van der Waals surface area (Å²) in [6.07, 6.45) is 0. The molecule has 3 rings (SSSR count). The molecule has 0 unspecified atom stereocenters. The highest BCUT2D eigenvalue weighted by Crippen LogP contribution is 2.16. The Bertz CT molecular complexity index is 952. The first-order chi connectivity index (χ1) is 11.0. The summed E-state index contributed by atoms with van der Waals surface area (Å²) in [5.41, 5.74) is 2.18. The van der Waals surface area contributed by atoms with E-state index in [2.05, 4.69) is 10.3 Å². The van der Waals surface area contributed by atoms with Crippen molar-refractivity contribution in [2.75, 3.05) is 5.32 Å². The molecule has 0 aliphatic rings. The lowest BCUT2D eigenvalue weighted by molar-refractivity contribution is -0.114. The predicted molar refractivity (Wildman–Crippen MR) is 91.4 cm³/mol. The SMILES string of the molecule is CC(=O)Nc1ccc(C(=O)N=c2sc3ccccc3n2C)cc1. The zero-order valence-corrected chi connectivity index (χ0v) is 13.6. The Morgan fingerprint density at radius 3 is 2.43 bits per heavy atom. The van der Waals surface area contributed by atoms with Crippen LogP contribution in [0.4, 0.5) is 5.69 Å². The van der Waals surface area contributed by atoms with Crippen LogP contribution in [-0.4, -0.2) is 16.4 Å². The van der Waals surface area contributed by atoms with Gasteiger partial charge in [0.25, 0.3) is 5.91 Å². The normalized spacial score (nSPS) is 11.7. The van der Waals surface area contributed by atoms with E-state index >= 15 is 0 Å². The molecule has 0 atom stereocenters. The number of nitrogens with one attached hydrogen (secondary N) is 1. The Morgan fingerprint density at radius 2 is 1.78 bits per heavy atom. The molecule has 0 aliphatic heterocycles. The van der Waals surface area contributed by atoms with Gasteiger partial charge in [0.05, 0.1) is 10.2 Å². The number of aryl methyl sites for hydroxylation is 1. The number of fused-ring (bicyclic) bond motifs is 1. The van der Waals surface area contributed by atoms with Crippen LogP contribution in [0.25, 0.3) is 10.2 Å². The molecule has 116 valence electrons. The van der Waals surface area contributed by atoms with Crippen LogP contribution in [0.15, 0.2) is 53.5 Å². The van der Waals surface area contributed by atoms with E-state index in [1.807, 2.05) is 35.9 Å². The highest BCUT2D eigenvalue weighted by molar-refractivity contribution is 7.16. The van der Waals surface area contributed by atoms with Gasteiger partial charge < -0.3 is 9.88 Å². The molecule has 5 nitrogen and oxygen atoms in total. The first kappa shape index (κ1) is 15.2. The summed E-state index contributed by atoms with van der Waals surface area (Å²) in [5.74, 6) is -0.451. The topological polar surface area (TPSA) is 63.5 Å². The van der Waals surface area contributed by atoms with Gasteiger partial charge in [0, 0.05) is 25.2 Å². The molecular formula is C17H15N3O2S. The molecule has 0 saturated heterocycles. The number of rotatable bonds is 2. The Morgan fingerprint density at radius 1 is 1.09 bits per heavy atom. The van der Waals surface area contributed by atoms with Gasteiger partial charge in [-0.1, -0.05) is 23.5 Å². The lowest BCUT2D eigenvalue weighted by Gasteiger charge is -2.02. The summed E-state index contributed by atoms with van der Waals surface area (Å²) in [5, 5.41) is 2.66. The summed E-state index contributed by atoms with van der Waals surface area (Å²) in [6.45, 7) is 1.44. The summed E-state index contributed by atoms with van der Waals surface area (Å²) in [6, 6.07) is 14.6. The van der Waals surface area contributed by atoms with Crippen LogP contribution in [0.3, 0.4) is 0 Å². The lowest BCUT2D eigenvalue weighted by atomic mass is 10.2. The van der Waals surface area contributed by atoms with Crippen LogP contribution >= 0.6 is 11.3 Å². The smallest absolute Gasteiger partial charge is 0.279 e. The number of hydrogen-bond donors (Lipinski definition) is 1. The largest absolute Gasteiger partial charge is 0.326 e. The predicted octanol–water partition coefficient (Wildman–Crippen LogP) is 2.94. The zero-order chi connectivity index (χ0) is 16.4. The quantitative estimate of drug-likeness (QED) is 0.787. The molecule has 0 saturated carbocycles. The van der Waals surface area contributed by atoms with Gasteiger partial charge in [-0.2, -0.15) is 4.99 Å². The van der Waals surface area contributed by atoms with E-state index in [-0.39, 0.29) is 11.8 Å². The number of nitrogens with zero attached hydrogens (tertiary/aromatic N) is 2. The molecule has 3 aromatic rings. The van der Waals surface area contributed by atoms with Crippen molar-refractivity contribution in [3.05, 3.63) is 58.9 Å². The molecular weight excluding hydrogens is 310 g/mol. The van der Waals surface area contributed by atoms with Crippen molar-refractivity contribution in [2.24, 2.45) is 12.0 Å². The van der Waals surface area contributed by atoms with E-state index < -0.39 is 0 Å². The fourth-order valence-corrected chi connectivity index (χ4v) is 3.26. The van der Waals surface area contributed by atoms with E-state index in [1.165, 1.54) is 18.3 Å². The maximum absolute atomic E-state index is 12.3. The number of amides is 2. The highest BCUT2D eigenvalue weighted by Gasteiger charge is 2.07. The number of aromatic nitrogens is 1. The van der Waals surface area contributed by atoms with Crippen LogP contribution < -0.4 is 10.1 Å². The summed E-state index contributed by atoms with van der Waals surface area (Å²) < 4.78 is 2.99. The van der Waals surface area contributed by atoms with E-state index in [0.29, 0.717) is 16.1 Å². The molecule has 0 bridgehead atoms. The van der Waals surface area contributed by atoms with Crippen molar-refractivity contribution in [2.45, 2.75) is 6.92 Å². The van der Waals surface area contributed by atoms with Crippen LogP contribution in [0.1, 0.15) is 17.3 Å². The maximum Gasteiger partial charge on any atom is 0.279 e. The Balaban J connectivity index is 1.93. The average molecular weight is 325 g/mol. The minimum absolute atomic E-state index is 0.147. The average Bonchev–Trinajstić information content (AvgIpc) is 2.84. The van der Waals surface area contributed by atoms with Crippen molar-refractivity contribution >= 4 is 39.1 Å². The second kappa shape index (κ2) is 6.18. The molecule has 0 aliphatic carbocycles. The number of hydrogen-bond acceptors (Lipinski definition) is 3. The van der Waals surface area contributed by atoms with Crippen molar-refractivity contribution in [1.82, 2.24) is 4.57 Å².